The first kappa shape index (κ1) is 13.6. The van der Waals surface area contributed by atoms with Crippen molar-refractivity contribution in [3.05, 3.63) is 47.8 Å². The molecule has 0 saturated carbocycles. The zero-order chi connectivity index (χ0) is 15.2. The lowest BCUT2D eigenvalue weighted by molar-refractivity contribution is 0.0739. The fraction of sp³-hybridized carbons (Fsp3) is 0.200. The van der Waals surface area contributed by atoms with Gasteiger partial charge in [0.2, 0.25) is 0 Å². The van der Waals surface area contributed by atoms with E-state index in [2.05, 4.69) is 15.2 Å². The van der Waals surface area contributed by atoms with Gasteiger partial charge in [-0.3, -0.25) is 10.1 Å². The topological polar surface area (TPSA) is 61.8 Å². The Hall–Kier alpha value is -2.34. The van der Waals surface area contributed by atoms with E-state index in [1.54, 1.807) is 32.2 Å². The van der Waals surface area contributed by atoms with Crippen molar-refractivity contribution in [3.8, 4) is 11.3 Å². The number of aromatic amines is 1. The van der Waals surface area contributed by atoms with Gasteiger partial charge >= 0.3 is 0 Å². The summed E-state index contributed by atoms with van der Waals surface area (Å²) in [4.78, 5) is 4.18. The highest BCUT2D eigenvalue weighted by Gasteiger charge is 2.18. The van der Waals surface area contributed by atoms with Gasteiger partial charge in [0.1, 0.15) is 11.3 Å². The van der Waals surface area contributed by atoms with Gasteiger partial charge in [0.15, 0.2) is 11.6 Å². The number of H-pyrrole nitrogens is 1. The van der Waals surface area contributed by atoms with Crippen molar-refractivity contribution >= 4 is 10.9 Å². The van der Waals surface area contributed by atoms with Gasteiger partial charge in [-0.05, 0) is 32.0 Å². The standard InChI is InChI=1S/C15H13F2N3O/c1-15(2,21)13-4-3-8(7-18-13)14-9-5-10(16)11(17)6-12(9)19-20-14/h3-7,21H,1-2H3,(H,19,20). The Balaban J connectivity index is 2.10. The molecule has 0 radical (unpaired) electrons. The van der Waals surface area contributed by atoms with Crippen molar-refractivity contribution in [2.45, 2.75) is 19.4 Å². The van der Waals surface area contributed by atoms with Crippen LogP contribution in [-0.2, 0) is 5.60 Å². The summed E-state index contributed by atoms with van der Waals surface area (Å²) in [5.41, 5.74) is 1.03. The second kappa shape index (κ2) is 4.60. The normalized spacial score (nSPS) is 12.0. The molecule has 0 fully saturated rings. The first-order valence-corrected chi connectivity index (χ1v) is 6.38. The summed E-state index contributed by atoms with van der Waals surface area (Å²) in [6.07, 6.45) is 1.55. The molecule has 0 saturated heterocycles. The highest BCUT2D eigenvalue weighted by Crippen LogP contribution is 2.28. The van der Waals surface area contributed by atoms with Crippen LogP contribution in [0.15, 0.2) is 30.5 Å². The molecule has 0 spiro atoms. The molecule has 2 aromatic heterocycles. The molecule has 0 aliphatic carbocycles. The average molecular weight is 289 g/mol. The van der Waals surface area contributed by atoms with Crippen LogP contribution in [0.2, 0.25) is 0 Å². The molecule has 2 heterocycles. The lowest BCUT2D eigenvalue weighted by Gasteiger charge is -2.16. The number of fused-ring (bicyclic) bond motifs is 1. The minimum atomic E-state index is -1.04. The lowest BCUT2D eigenvalue weighted by atomic mass is 10.0. The molecule has 3 rings (SSSR count). The van der Waals surface area contributed by atoms with Gasteiger partial charge in [0.25, 0.3) is 0 Å². The fourth-order valence-electron chi connectivity index (χ4n) is 2.13. The van der Waals surface area contributed by atoms with Gasteiger partial charge < -0.3 is 5.11 Å². The summed E-state index contributed by atoms with van der Waals surface area (Å²) in [5, 5.41) is 17.1. The molecule has 21 heavy (non-hydrogen) atoms. The van der Waals surface area contributed by atoms with E-state index in [0.717, 1.165) is 12.1 Å². The van der Waals surface area contributed by atoms with Crippen LogP contribution < -0.4 is 0 Å². The molecule has 4 nitrogen and oxygen atoms in total. The number of nitrogens with zero attached hydrogens (tertiary/aromatic N) is 2. The van der Waals surface area contributed by atoms with Crippen LogP contribution in [0.5, 0.6) is 0 Å². The highest BCUT2D eigenvalue weighted by molar-refractivity contribution is 5.92. The van der Waals surface area contributed by atoms with Gasteiger partial charge in [-0.25, -0.2) is 8.78 Å². The minimum Gasteiger partial charge on any atom is -0.384 e. The number of hydrogen-bond acceptors (Lipinski definition) is 3. The van der Waals surface area contributed by atoms with E-state index in [9.17, 15) is 13.9 Å². The van der Waals surface area contributed by atoms with Gasteiger partial charge in [0, 0.05) is 23.2 Å². The summed E-state index contributed by atoms with van der Waals surface area (Å²) in [6, 6.07) is 5.58. The average Bonchev–Trinajstić information content (AvgIpc) is 2.81. The molecule has 1 aromatic carbocycles. The van der Waals surface area contributed by atoms with E-state index in [4.69, 9.17) is 0 Å². The zero-order valence-corrected chi connectivity index (χ0v) is 11.5. The molecule has 0 atom stereocenters. The number of rotatable bonds is 2. The number of pyridine rings is 1. The predicted molar refractivity (Wildman–Crippen MR) is 74.5 cm³/mol. The maximum Gasteiger partial charge on any atom is 0.160 e. The molecule has 108 valence electrons. The van der Waals surface area contributed by atoms with E-state index in [0.29, 0.717) is 27.9 Å². The molecule has 0 bridgehead atoms. The van der Waals surface area contributed by atoms with Crippen molar-refractivity contribution < 1.29 is 13.9 Å². The number of aromatic nitrogens is 3. The monoisotopic (exact) mass is 289 g/mol. The van der Waals surface area contributed by atoms with Gasteiger partial charge in [-0.2, -0.15) is 5.10 Å². The second-order valence-corrected chi connectivity index (χ2v) is 5.38. The second-order valence-electron chi connectivity index (χ2n) is 5.38. The van der Waals surface area contributed by atoms with E-state index < -0.39 is 17.2 Å². The Morgan fingerprint density at radius 1 is 1.14 bits per heavy atom. The van der Waals surface area contributed by atoms with Crippen LogP contribution in [0.1, 0.15) is 19.5 Å². The maximum absolute atomic E-state index is 13.4. The number of nitrogens with one attached hydrogen (secondary N) is 1. The van der Waals surface area contributed by atoms with E-state index in [-0.39, 0.29) is 0 Å². The fourth-order valence-corrected chi connectivity index (χ4v) is 2.13. The van der Waals surface area contributed by atoms with Crippen LogP contribution in [0.3, 0.4) is 0 Å². The van der Waals surface area contributed by atoms with Crippen LogP contribution in [0, 0.1) is 11.6 Å². The van der Waals surface area contributed by atoms with Crippen LogP contribution >= 0.6 is 0 Å². The third-order valence-corrected chi connectivity index (χ3v) is 3.27. The minimum absolute atomic E-state index is 0.412. The van der Waals surface area contributed by atoms with Crippen molar-refractivity contribution in [2.75, 3.05) is 0 Å². The lowest BCUT2D eigenvalue weighted by Crippen LogP contribution is -2.17. The Bertz CT molecular complexity index is 804. The van der Waals surface area contributed by atoms with E-state index in [1.165, 1.54) is 0 Å². The third kappa shape index (κ3) is 2.38. The third-order valence-electron chi connectivity index (χ3n) is 3.27. The number of benzene rings is 1. The Morgan fingerprint density at radius 3 is 2.48 bits per heavy atom. The molecule has 2 N–H and O–H groups in total. The number of halogens is 2. The SMILES string of the molecule is CC(C)(O)c1ccc(-c2n[nH]c3cc(F)c(F)cc23)cn1. The van der Waals surface area contributed by atoms with E-state index in [1.807, 2.05) is 0 Å². The molecular weight excluding hydrogens is 276 g/mol. The number of aliphatic hydroxyl groups is 1. The van der Waals surface area contributed by atoms with Crippen LogP contribution in [0.25, 0.3) is 22.2 Å². The van der Waals surface area contributed by atoms with E-state index >= 15 is 0 Å². The van der Waals surface area contributed by atoms with Crippen molar-refractivity contribution in [2.24, 2.45) is 0 Å². The molecule has 3 aromatic rings. The largest absolute Gasteiger partial charge is 0.384 e. The van der Waals surface area contributed by atoms with Crippen LogP contribution in [0.4, 0.5) is 8.78 Å². The Kier molecular flexibility index (Phi) is 2.98. The summed E-state index contributed by atoms with van der Waals surface area (Å²) < 4.78 is 26.6. The summed E-state index contributed by atoms with van der Waals surface area (Å²) in [7, 11) is 0. The summed E-state index contributed by atoms with van der Waals surface area (Å²) in [5.74, 6) is -1.85. The molecule has 0 amide bonds. The van der Waals surface area contributed by atoms with Crippen molar-refractivity contribution in [3.63, 3.8) is 0 Å². The zero-order valence-electron chi connectivity index (χ0n) is 11.5. The molecule has 0 unspecified atom stereocenters. The van der Waals surface area contributed by atoms with Gasteiger partial charge in [-0.1, -0.05) is 0 Å². The number of hydrogen-bond donors (Lipinski definition) is 2. The maximum atomic E-state index is 13.4. The quantitative estimate of drug-likeness (QED) is 0.762. The summed E-state index contributed by atoms with van der Waals surface area (Å²) >= 11 is 0. The van der Waals surface area contributed by atoms with Crippen LogP contribution in [-0.4, -0.2) is 20.3 Å². The van der Waals surface area contributed by atoms with Gasteiger partial charge in [0.05, 0.1) is 11.2 Å². The molecule has 6 heteroatoms. The highest BCUT2D eigenvalue weighted by atomic mass is 19.2. The smallest absolute Gasteiger partial charge is 0.160 e. The first-order chi connectivity index (χ1) is 9.86. The van der Waals surface area contributed by atoms with Crippen molar-refractivity contribution in [1.82, 2.24) is 15.2 Å². The Labute approximate surface area is 119 Å². The molecule has 0 aliphatic heterocycles. The predicted octanol–water partition coefficient (Wildman–Crippen LogP) is 3.13. The van der Waals surface area contributed by atoms with Crippen molar-refractivity contribution in [1.29, 1.82) is 0 Å². The van der Waals surface area contributed by atoms with Gasteiger partial charge in [-0.15, -0.1) is 0 Å². The molecule has 0 aliphatic rings. The summed E-state index contributed by atoms with van der Waals surface area (Å²) in [6.45, 7) is 3.27. The first-order valence-electron chi connectivity index (χ1n) is 6.38. The Morgan fingerprint density at radius 2 is 1.86 bits per heavy atom. The molecular formula is C15H13F2N3O.